The molecule has 11 heteroatoms. The number of halogens is 2. The van der Waals surface area contributed by atoms with Crippen molar-refractivity contribution in [1.82, 2.24) is 0 Å². The lowest BCUT2D eigenvalue weighted by molar-refractivity contribution is -0.225. The summed E-state index contributed by atoms with van der Waals surface area (Å²) in [5.74, 6) is -1.75. The molecule has 2 fully saturated rings. The van der Waals surface area contributed by atoms with E-state index < -0.39 is 57.5 Å². The lowest BCUT2D eigenvalue weighted by Crippen LogP contribution is -2.45. The van der Waals surface area contributed by atoms with Gasteiger partial charge in [0.15, 0.2) is 12.6 Å². The summed E-state index contributed by atoms with van der Waals surface area (Å²) in [6.07, 6.45) is 0.989. The number of hydrogen-bond donors (Lipinski definition) is 0. The minimum absolute atomic E-state index is 0.382. The van der Waals surface area contributed by atoms with Gasteiger partial charge in [0.25, 0.3) is 0 Å². The molecule has 2 unspecified atom stereocenters. The van der Waals surface area contributed by atoms with Crippen LogP contribution in [-0.2, 0) is 50.6 Å². The Balaban J connectivity index is 1.54. The topological polar surface area (TPSA) is 89.5 Å². The SMILES string of the molecule is O=C([C@@H](COC1CCCCO1)OC1CCCCO1)C(F)(F)P(=O)(OCc1ccccc1)OCc1ccccc1. The first kappa shape index (κ1) is 29.9. The van der Waals surface area contributed by atoms with Crippen molar-refractivity contribution >= 4 is 13.4 Å². The molecule has 3 atom stereocenters. The predicted octanol–water partition coefficient (Wildman–Crippen LogP) is 6.23. The Morgan fingerprint density at radius 1 is 0.846 bits per heavy atom. The van der Waals surface area contributed by atoms with Crippen molar-refractivity contribution in [2.75, 3.05) is 19.8 Å². The highest BCUT2D eigenvalue weighted by Crippen LogP contribution is 2.63. The highest BCUT2D eigenvalue weighted by atomic mass is 31.2. The lowest BCUT2D eigenvalue weighted by atomic mass is 10.2. The molecule has 0 N–H and O–H groups in total. The fourth-order valence-corrected chi connectivity index (χ4v) is 5.66. The van der Waals surface area contributed by atoms with Gasteiger partial charge < -0.3 is 18.9 Å². The maximum absolute atomic E-state index is 16.0. The summed E-state index contributed by atoms with van der Waals surface area (Å²) in [5.41, 5.74) is -3.55. The Labute approximate surface area is 227 Å². The minimum atomic E-state index is -5.36. The summed E-state index contributed by atoms with van der Waals surface area (Å²) >= 11 is 0. The van der Waals surface area contributed by atoms with Crippen LogP contribution < -0.4 is 0 Å². The summed E-state index contributed by atoms with van der Waals surface area (Å²) in [6.45, 7) is -0.551. The fraction of sp³-hybridized carbons (Fsp3) is 0.536. The Kier molecular flexibility index (Phi) is 11.2. The number of hydrogen-bond acceptors (Lipinski definition) is 8. The third-order valence-corrected chi connectivity index (χ3v) is 8.29. The zero-order chi connectivity index (χ0) is 27.6. The molecule has 0 spiro atoms. The second-order valence-electron chi connectivity index (χ2n) is 9.47. The van der Waals surface area contributed by atoms with Gasteiger partial charge in [-0.1, -0.05) is 60.7 Å². The smallest absolute Gasteiger partial charge is 0.353 e. The molecule has 4 rings (SSSR count). The van der Waals surface area contributed by atoms with Gasteiger partial charge in [-0.05, 0) is 49.7 Å². The van der Waals surface area contributed by atoms with Crippen molar-refractivity contribution in [3.63, 3.8) is 0 Å². The molecule has 2 saturated heterocycles. The van der Waals surface area contributed by atoms with Gasteiger partial charge in [0.05, 0.1) is 19.8 Å². The van der Waals surface area contributed by atoms with E-state index in [4.69, 9.17) is 28.0 Å². The summed E-state index contributed by atoms with van der Waals surface area (Å²) < 4.78 is 78.6. The molecular weight excluding hydrogens is 533 g/mol. The number of ketones is 1. The zero-order valence-corrected chi connectivity index (χ0v) is 22.6. The van der Waals surface area contributed by atoms with Gasteiger partial charge in [-0.15, -0.1) is 0 Å². The van der Waals surface area contributed by atoms with E-state index in [1.807, 2.05) is 0 Å². The Morgan fingerprint density at radius 3 is 1.85 bits per heavy atom. The number of carbonyl (C=O) groups excluding carboxylic acids is 1. The monoisotopic (exact) mass is 568 g/mol. The molecule has 214 valence electrons. The normalized spacial score (nSPS) is 21.4. The number of ether oxygens (including phenoxy) is 4. The van der Waals surface area contributed by atoms with Gasteiger partial charge in [-0.3, -0.25) is 18.4 Å². The number of rotatable bonds is 14. The molecule has 2 aliphatic rings. The van der Waals surface area contributed by atoms with Crippen molar-refractivity contribution in [3.8, 4) is 0 Å². The molecule has 2 heterocycles. The molecular formula is C28H35F2O8P. The third-order valence-electron chi connectivity index (χ3n) is 6.45. The van der Waals surface area contributed by atoms with E-state index in [0.29, 0.717) is 37.2 Å². The maximum Gasteiger partial charge on any atom is 0.408 e. The van der Waals surface area contributed by atoms with Crippen molar-refractivity contribution in [1.29, 1.82) is 0 Å². The van der Waals surface area contributed by atoms with E-state index in [9.17, 15) is 9.36 Å². The third kappa shape index (κ3) is 8.47. The van der Waals surface area contributed by atoms with Gasteiger partial charge >= 0.3 is 13.3 Å². The van der Waals surface area contributed by atoms with Gasteiger partial charge in [0.1, 0.15) is 6.10 Å². The predicted molar refractivity (Wildman–Crippen MR) is 138 cm³/mol. The van der Waals surface area contributed by atoms with Crippen LogP contribution in [0.1, 0.15) is 49.7 Å². The average Bonchev–Trinajstić information content (AvgIpc) is 2.99. The maximum atomic E-state index is 16.0. The summed E-state index contributed by atoms with van der Waals surface area (Å²) in [7, 11) is -5.36. The van der Waals surface area contributed by atoms with Crippen molar-refractivity contribution < 1.29 is 46.1 Å². The quantitative estimate of drug-likeness (QED) is 0.248. The van der Waals surface area contributed by atoms with E-state index in [-0.39, 0.29) is 0 Å². The van der Waals surface area contributed by atoms with Crippen LogP contribution in [0.3, 0.4) is 0 Å². The highest BCUT2D eigenvalue weighted by molar-refractivity contribution is 7.56. The van der Waals surface area contributed by atoms with E-state index in [1.165, 1.54) is 0 Å². The molecule has 0 amide bonds. The molecule has 2 aromatic rings. The van der Waals surface area contributed by atoms with Crippen LogP contribution in [0.5, 0.6) is 0 Å². The van der Waals surface area contributed by atoms with Gasteiger partial charge in [-0.2, -0.15) is 8.78 Å². The van der Waals surface area contributed by atoms with Gasteiger partial charge in [0, 0.05) is 13.2 Å². The Bertz CT molecular complexity index is 1010. The van der Waals surface area contributed by atoms with Crippen LogP contribution in [0.2, 0.25) is 0 Å². The summed E-state index contributed by atoms with van der Waals surface area (Å²) in [4.78, 5) is 13.4. The number of carbonyl (C=O) groups is 1. The van der Waals surface area contributed by atoms with Crippen molar-refractivity contribution in [2.45, 2.75) is 76.1 Å². The molecule has 0 bridgehead atoms. The van der Waals surface area contributed by atoms with E-state index in [2.05, 4.69) is 0 Å². The number of benzene rings is 2. The first-order chi connectivity index (χ1) is 18.9. The molecule has 8 nitrogen and oxygen atoms in total. The molecule has 0 aromatic heterocycles. The minimum Gasteiger partial charge on any atom is -0.353 e. The highest BCUT2D eigenvalue weighted by Gasteiger charge is 2.62. The largest absolute Gasteiger partial charge is 0.408 e. The molecule has 2 aliphatic heterocycles. The number of alkyl halides is 2. The number of Topliss-reactive ketones (excluding diaryl/α,β-unsaturated/α-hetero) is 1. The lowest BCUT2D eigenvalue weighted by Gasteiger charge is -2.32. The fourth-order valence-electron chi connectivity index (χ4n) is 4.21. The second-order valence-corrected chi connectivity index (χ2v) is 11.5. The van der Waals surface area contributed by atoms with Crippen LogP contribution in [-0.4, -0.2) is 50.0 Å². The zero-order valence-electron chi connectivity index (χ0n) is 21.8. The Morgan fingerprint density at radius 2 is 1.36 bits per heavy atom. The van der Waals surface area contributed by atoms with Crippen molar-refractivity contribution in [3.05, 3.63) is 71.8 Å². The molecule has 0 radical (unpaired) electrons. The van der Waals surface area contributed by atoms with Crippen LogP contribution >= 0.6 is 7.60 Å². The van der Waals surface area contributed by atoms with E-state index >= 15 is 8.78 Å². The molecule has 0 saturated carbocycles. The first-order valence-corrected chi connectivity index (χ1v) is 14.8. The molecule has 39 heavy (non-hydrogen) atoms. The summed E-state index contributed by atoms with van der Waals surface area (Å²) in [5, 5.41) is 0. The van der Waals surface area contributed by atoms with Crippen LogP contribution in [0.15, 0.2) is 60.7 Å². The average molecular weight is 569 g/mol. The summed E-state index contributed by atoms with van der Waals surface area (Å²) in [6, 6.07) is 16.8. The van der Waals surface area contributed by atoms with Gasteiger partial charge in [0.2, 0.25) is 5.78 Å². The molecule has 0 aliphatic carbocycles. The van der Waals surface area contributed by atoms with Crippen LogP contribution in [0, 0.1) is 0 Å². The molecule has 2 aromatic carbocycles. The Hall–Kier alpha value is -2.04. The van der Waals surface area contributed by atoms with E-state index in [0.717, 1.165) is 25.7 Å². The van der Waals surface area contributed by atoms with Gasteiger partial charge in [-0.25, -0.2) is 0 Å². The first-order valence-electron chi connectivity index (χ1n) is 13.3. The van der Waals surface area contributed by atoms with Crippen LogP contribution in [0.25, 0.3) is 0 Å². The van der Waals surface area contributed by atoms with Crippen LogP contribution in [0.4, 0.5) is 8.78 Å². The van der Waals surface area contributed by atoms with E-state index in [1.54, 1.807) is 60.7 Å². The second kappa shape index (κ2) is 14.6. The van der Waals surface area contributed by atoms with Crippen molar-refractivity contribution in [2.24, 2.45) is 0 Å². The standard InChI is InChI=1S/C28H35F2O8P/c29-28(30,27(31)24(38-26-16-8-10-18-34-26)21-35-25-15-7-9-17-33-25)39(32,36-19-22-11-3-1-4-12-22)37-20-23-13-5-2-6-14-23/h1-6,11-14,24-26H,7-10,15-21H2/t24-,25?,26?/m1/s1.